The summed E-state index contributed by atoms with van der Waals surface area (Å²) >= 11 is 0. The first-order chi connectivity index (χ1) is 9.74. The van der Waals surface area contributed by atoms with Gasteiger partial charge in [-0.25, -0.2) is 9.78 Å². The van der Waals surface area contributed by atoms with E-state index >= 15 is 0 Å². The Bertz CT molecular complexity index is 707. The van der Waals surface area contributed by atoms with Crippen LogP contribution in [0.15, 0.2) is 30.3 Å². The highest BCUT2D eigenvalue weighted by Crippen LogP contribution is 2.21. The number of nitro benzene ring substituents is 1. The molecule has 21 heavy (non-hydrogen) atoms. The molecule has 0 fully saturated rings. The van der Waals surface area contributed by atoms with Crippen LogP contribution in [0.4, 0.5) is 16.3 Å². The van der Waals surface area contributed by atoms with Crippen LogP contribution in [0.2, 0.25) is 0 Å². The van der Waals surface area contributed by atoms with Crippen LogP contribution >= 0.6 is 0 Å². The average Bonchev–Trinajstić information content (AvgIpc) is 2.35. The molecule has 0 aliphatic carbocycles. The van der Waals surface area contributed by atoms with Crippen molar-refractivity contribution in [2.24, 2.45) is 0 Å². The quantitative estimate of drug-likeness (QED) is 0.674. The molecule has 0 atom stereocenters. The van der Waals surface area contributed by atoms with Crippen molar-refractivity contribution in [2.75, 3.05) is 5.32 Å². The number of aromatic nitrogens is 1. The number of ether oxygens (including phenoxy) is 1. The molecule has 7 heteroatoms. The van der Waals surface area contributed by atoms with Crippen LogP contribution in [0.3, 0.4) is 0 Å². The summed E-state index contributed by atoms with van der Waals surface area (Å²) in [5.74, 6) is 0.325. The number of rotatable bonds is 2. The first kappa shape index (κ1) is 14.7. The van der Waals surface area contributed by atoms with E-state index in [1.165, 1.54) is 18.2 Å². The number of carbonyl (C=O) groups is 1. The second kappa shape index (κ2) is 5.35. The zero-order valence-corrected chi connectivity index (χ0v) is 11.9. The van der Waals surface area contributed by atoms with Crippen LogP contribution in [-0.4, -0.2) is 21.6 Å². The number of nitrogens with zero attached hydrogens (tertiary/aromatic N) is 2. The summed E-state index contributed by atoms with van der Waals surface area (Å²) in [5, 5.41) is 13.8. The molecule has 0 spiro atoms. The average molecular weight is 289 g/mol. The molecular weight excluding hydrogens is 274 g/mol. The zero-order valence-electron chi connectivity index (χ0n) is 11.9. The number of non-ortho nitro benzene ring substituents is 1. The molecule has 110 valence electrons. The van der Waals surface area contributed by atoms with Crippen LogP contribution in [0.5, 0.6) is 0 Å². The van der Waals surface area contributed by atoms with Gasteiger partial charge in [0.15, 0.2) is 0 Å². The normalized spacial score (nSPS) is 11.2. The molecule has 1 aromatic carbocycles. The number of carbonyl (C=O) groups excluding carboxylic acids is 1. The maximum absolute atomic E-state index is 11.6. The lowest BCUT2D eigenvalue weighted by Gasteiger charge is -2.19. The van der Waals surface area contributed by atoms with E-state index in [1.807, 2.05) is 0 Å². The van der Waals surface area contributed by atoms with Crippen molar-refractivity contribution in [3.8, 4) is 0 Å². The van der Waals surface area contributed by atoms with Crippen LogP contribution in [0.25, 0.3) is 10.9 Å². The summed E-state index contributed by atoms with van der Waals surface area (Å²) in [7, 11) is 0. The fourth-order valence-electron chi connectivity index (χ4n) is 1.70. The Labute approximate surface area is 121 Å². The Hall–Kier alpha value is -2.70. The van der Waals surface area contributed by atoms with Crippen molar-refractivity contribution < 1.29 is 14.5 Å². The largest absolute Gasteiger partial charge is 0.444 e. The molecule has 1 aromatic heterocycles. The van der Waals surface area contributed by atoms with Gasteiger partial charge in [0, 0.05) is 17.5 Å². The second-order valence-electron chi connectivity index (χ2n) is 5.46. The molecule has 1 heterocycles. The molecule has 0 saturated carbocycles. The number of pyridine rings is 1. The number of amides is 1. The molecule has 0 radical (unpaired) electrons. The third kappa shape index (κ3) is 3.88. The Balaban J connectivity index is 2.22. The van der Waals surface area contributed by atoms with Crippen molar-refractivity contribution in [1.29, 1.82) is 0 Å². The molecule has 2 rings (SSSR count). The monoisotopic (exact) mass is 289 g/mol. The molecule has 7 nitrogen and oxygen atoms in total. The van der Waals surface area contributed by atoms with Crippen molar-refractivity contribution in [2.45, 2.75) is 26.4 Å². The number of hydrogen-bond donors (Lipinski definition) is 1. The highest BCUT2D eigenvalue weighted by atomic mass is 16.6. The first-order valence-electron chi connectivity index (χ1n) is 6.30. The molecule has 1 N–H and O–H groups in total. The standard InChI is InChI=1S/C14H15N3O4/c1-14(2,3)21-13(18)16-12-7-4-9-8-10(17(19)20)5-6-11(9)15-12/h4-8H,1-3H3,(H,15,16,18). The van der Waals surface area contributed by atoms with Crippen LogP contribution in [0, 0.1) is 10.1 Å². The Morgan fingerprint density at radius 1 is 1.29 bits per heavy atom. The van der Waals surface area contributed by atoms with E-state index in [0.717, 1.165) is 0 Å². The molecule has 0 aliphatic rings. The van der Waals surface area contributed by atoms with Gasteiger partial charge in [-0.2, -0.15) is 0 Å². The summed E-state index contributed by atoms with van der Waals surface area (Å²) < 4.78 is 5.12. The number of benzene rings is 1. The Morgan fingerprint density at radius 3 is 2.62 bits per heavy atom. The second-order valence-corrected chi connectivity index (χ2v) is 5.46. The van der Waals surface area contributed by atoms with E-state index in [4.69, 9.17) is 4.74 Å². The summed E-state index contributed by atoms with van der Waals surface area (Å²) in [4.78, 5) is 26.1. The number of anilines is 1. The number of nitrogens with one attached hydrogen (secondary N) is 1. The molecule has 0 aliphatic heterocycles. The highest BCUT2D eigenvalue weighted by Gasteiger charge is 2.16. The lowest BCUT2D eigenvalue weighted by Crippen LogP contribution is -2.27. The van der Waals surface area contributed by atoms with E-state index in [2.05, 4.69) is 10.3 Å². The van der Waals surface area contributed by atoms with E-state index in [9.17, 15) is 14.9 Å². The highest BCUT2D eigenvalue weighted by molar-refractivity contribution is 5.87. The van der Waals surface area contributed by atoms with Crippen molar-refractivity contribution >= 4 is 28.5 Å². The minimum Gasteiger partial charge on any atom is -0.444 e. The molecular formula is C14H15N3O4. The smallest absolute Gasteiger partial charge is 0.413 e. The maximum Gasteiger partial charge on any atom is 0.413 e. The minimum atomic E-state index is -0.601. The van der Waals surface area contributed by atoms with Crippen molar-refractivity contribution in [3.05, 3.63) is 40.4 Å². The molecule has 2 aromatic rings. The van der Waals surface area contributed by atoms with Gasteiger partial charge in [0.25, 0.3) is 5.69 Å². The predicted molar refractivity (Wildman–Crippen MR) is 78.3 cm³/mol. The Morgan fingerprint density at radius 2 is 2.00 bits per heavy atom. The third-order valence-electron chi connectivity index (χ3n) is 2.51. The van der Waals surface area contributed by atoms with Crippen LogP contribution in [0.1, 0.15) is 20.8 Å². The molecule has 0 saturated heterocycles. The van der Waals surface area contributed by atoms with Crippen molar-refractivity contribution in [3.63, 3.8) is 0 Å². The SMILES string of the molecule is CC(C)(C)OC(=O)Nc1ccc2cc([N+](=O)[O-])ccc2n1. The maximum atomic E-state index is 11.6. The lowest BCUT2D eigenvalue weighted by atomic mass is 10.2. The van der Waals surface area contributed by atoms with Gasteiger partial charge < -0.3 is 4.74 Å². The van der Waals surface area contributed by atoms with E-state index in [1.54, 1.807) is 32.9 Å². The van der Waals surface area contributed by atoms with Gasteiger partial charge in [-0.1, -0.05) is 0 Å². The summed E-state index contributed by atoms with van der Waals surface area (Å²) in [6, 6.07) is 7.55. The fraction of sp³-hybridized carbons (Fsp3) is 0.286. The summed E-state index contributed by atoms with van der Waals surface area (Å²) in [6.45, 7) is 5.29. The van der Waals surface area contributed by atoms with Gasteiger partial charge in [-0.05, 0) is 39.0 Å². The predicted octanol–water partition coefficient (Wildman–Crippen LogP) is 3.49. The third-order valence-corrected chi connectivity index (χ3v) is 2.51. The number of fused-ring (bicyclic) bond motifs is 1. The van der Waals surface area contributed by atoms with Gasteiger partial charge in [0.2, 0.25) is 0 Å². The van der Waals surface area contributed by atoms with E-state index in [-0.39, 0.29) is 5.69 Å². The molecule has 0 bridgehead atoms. The topological polar surface area (TPSA) is 94.4 Å². The van der Waals surface area contributed by atoms with Crippen molar-refractivity contribution in [1.82, 2.24) is 4.98 Å². The zero-order chi connectivity index (χ0) is 15.6. The van der Waals surface area contributed by atoms with Gasteiger partial charge in [0.1, 0.15) is 11.4 Å². The minimum absolute atomic E-state index is 0.00264. The molecule has 1 amide bonds. The van der Waals surface area contributed by atoms with Crippen LogP contribution < -0.4 is 5.32 Å². The van der Waals surface area contributed by atoms with Gasteiger partial charge in [-0.15, -0.1) is 0 Å². The van der Waals surface area contributed by atoms with E-state index < -0.39 is 16.6 Å². The number of hydrogen-bond acceptors (Lipinski definition) is 5. The molecule has 0 unspecified atom stereocenters. The lowest BCUT2D eigenvalue weighted by molar-refractivity contribution is -0.384. The summed E-state index contributed by atoms with van der Waals surface area (Å²) in [5.41, 5.74) is -0.0482. The Kier molecular flexibility index (Phi) is 3.75. The van der Waals surface area contributed by atoms with Crippen LogP contribution in [-0.2, 0) is 4.74 Å². The van der Waals surface area contributed by atoms with Gasteiger partial charge in [0.05, 0.1) is 10.4 Å². The first-order valence-corrected chi connectivity index (χ1v) is 6.30. The van der Waals surface area contributed by atoms with Gasteiger partial charge >= 0.3 is 6.09 Å². The van der Waals surface area contributed by atoms with Gasteiger partial charge in [-0.3, -0.25) is 15.4 Å². The summed E-state index contributed by atoms with van der Waals surface area (Å²) in [6.07, 6.45) is -0.601. The number of nitro groups is 1. The van der Waals surface area contributed by atoms with E-state index in [0.29, 0.717) is 16.7 Å². The fourth-order valence-corrected chi connectivity index (χ4v) is 1.70.